The van der Waals surface area contributed by atoms with Gasteiger partial charge in [0, 0.05) is 39.3 Å². The van der Waals surface area contributed by atoms with Crippen LogP contribution < -0.4 is 5.73 Å². The fourth-order valence-corrected chi connectivity index (χ4v) is 2.33. The first-order chi connectivity index (χ1) is 7.70. The SMILES string of the molecule is NCC(C(=O)O)N1CCN(CC2CC2)CC1. The van der Waals surface area contributed by atoms with Gasteiger partial charge in [-0.3, -0.25) is 9.69 Å². The minimum absolute atomic E-state index is 0.206. The number of carbonyl (C=O) groups is 1. The topological polar surface area (TPSA) is 69.8 Å². The van der Waals surface area contributed by atoms with Crippen LogP contribution in [0.4, 0.5) is 0 Å². The van der Waals surface area contributed by atoms with Crippen molar-refractivity contribution in [1.82, 2.24) is 9.80 Å². The first-order valence-electron chi connectivity index (χ1n) is 6.10. The molecule has 0 radical (unpaired) electrons. The summed E-state index contributed by atoms with van der Waals surface area (Å²) in [5.41, 5.74) is 5.49. The summed E-state index contributed by atoms with van der Waals surface area (Å²) in [6.45, 7) is 5.05. The van der Waals surface area contributed by atoms with E-state index in [9.17, 15) is 4.79 Å². The van der Waals surface area contributed by atoms with Gasteiger partial charge in [-0.1, -0.05) is 0 Å². The average molecular weight is 227 g/mol. The summed E-state index contributed by atoms with van der Waals surface area (Å²) in [4.78, 5) is 15.4. The van der Waals surface area contributed by atoms with Crippen LogP contribution in [0.3, 0.4) is 0 Å². The molecular weight excluding hydrogens is 206 g/mol. The van der Waals surface area contributed by atoms with Gasteiger partial charge in [-0.05, 0) is 18.8 Å². The largest absolute Gasteiger partial charge is 0.480 e. The summed E-state index contributed by atoms with van der Waals surface area (Å²) >= 11 is 0. The van der Waals surface area contributed by atoms with Gasteiger partial charge in [0.05, 0.1) is 0 Å². The molecule has 0 aromatic heterocycles. The average Bonchev–Trinajstić information content (AvgIpc) is 3.05. The standard InChI is InChI=1S/C11H21N3O2/c12-7-10(11(15)16)14-5-3-13(4-6-14)8-9-1-2-9/h9-10H,1-8,12H2,(H,15,16). The van der Waals surface area contributed by atoms with Crippen molar-refractivity contribution in [3.8, 4) is 0 Å². The monoisotopic (exact) mass is 227 g/mol. The van der Waals surface area contributed by atoms with Crippen molar-refractivity contribution >= 4 is 5.97 Å². The van der Waals surface area contributed by atoms with E-state index in [1.165, 1.54) is 19.4 Å². The van der Waals surface area contributed by atoms with Crippen molar-refractivity contribution < 1.29 is 9.90 Å². The summed E-state index contributed by atoms with van der Waals surface area (Å²) < 4.78 is 0. The van der Waals surface area contributed by atoms with Crippen molar-refractivity contribution in [2.75, 3.05) is 39.3 Å². The molecule has 5 heteroatoms. The highest BCUT2D eigenvalue weighted by Crippen LogP contribution is 2.29. The number of carboxylic acid groups (broad SMARTS) is 1. The maximum absolute atomic E-state index is 11.0. The Hall–Kier alpha value is -0.650. The Morgan fingerprint density at radius 1 is 1.31 bits per heavy atom. The summed E-state index contributed by atoms with van der Waals surface area (Å²) in [7, 11) is 0. The number of hydrogen-bond donors (Lipinski definition) is 2. The fourth-order valence-electron chi connectivity index (χ4n) is 2.33. The highest BCUT2D eigenvalue weighted by molar-refractivity contribution is 5.73. The molecule has 2 rings (SSSR count). The van der Waals surface area contributed by atoms with Crippen LogP contribution >= 0.6 is 0 Å². The summed E-state index contributed by atoms with van der Waals surface area (Å²) in [6.07, 6.45) is 2.75. The van der Waals surface area contributed by atoms with Gasteiger partial charge in [0.1, 0.15) is 6.04 Å². The van der Waals surface area contributed by atoms with Crippen molar-refractivity contribution in [3.05, 3.63) is 0 Å². The van der Waals surface area contributed by atoms with Gasteiger partial charge >= 0.3 is 5.97 Å². The lowest BCUT2D eigenvalue weighted by molar-refractivity contribution is -0.143. The fraction of sp³-hybridized carbons (Fsp3) is 0.909. The zero-order valence-corrected chi connectivity index (χ0v) is 9.64. The molecule has 92 valence electrons. The van der Waals surface area contributed by atoms with Crippen molar-refractivity contribution in [2.45, 2.75) is 18.9 Å². The molecule has 1 heterocycles. The Balaban J connectivity index is 1.76. The third-order valence-corrected chi connectivity index (χ3v) is 3.57. The molecule has 0 spiro atoms. The maximum Gasteiger partial charge on any atom is 0.322 e. The number of piperazine rings is 1. The second-order valence-corrected chi connectivity index (χ2v) is 4.87. The van der Waals surface area contributed by atoms with Gasteiger partial charge in [0.15, 0.2) is 0 Å². The molecule has 5 nitrogen and oxygen atoms in total. The third-order valence-electron chi connectivity index (χ3n) is 3.57. The predicted molar refractivity (Wildman–Crippen MR) is 61.2 cm³/mol. The van der Waals surface area contributed by atoms with Crippen LogP contribution in [0.25, 0.3) is 0 Å². The molecule has 1 aliphatic heterocycles. The lowest BCUT2D eigenvalue weighted by Gasteiger charge is -2.37. The Morgan fingerprint density at radius 2 is 1.94 bits per heavy atom. The number of rotatable bonds is 5. The highest BCUT2D eigenvalue weighted by Gasteiger charge is 2.30. The smallest absolute Gasteiger partial charge is 0.322 e. The van der Waals surface area contributed by atoms with Gasteiger partial charge in [0.2, 0.25) is 0 Å². The third kappa shape index (κ3) is 2.93. The number of nitrogens with zero attached hydrogens (tertiary/aromatic N) is 2. The minimum Gasteiger partial charge on any atom is -0.480 e. The highest BCUT2D eigenvalue weighted by atomic mass is 16.4. The van der Waals surface area contributed by atoms with Gasteiger partial charge in [-0.2, -0.15) is 0 Å². The molecule has 1 saturated heterocycles. The predicted octanol–water partition coefficient (Wildman–Crippen LogP) is -0.574. The Kier molecular flexibility index (Phi) is 3.78. The second kappa shape index (κ2) is 5.12. The molecule has 1 unspecified atom stereocenters. The molecule has 3 N–H and O–H groups in total. The normalized spacial score (nSPS) is 25.6. The molecule has 0 bridgehead atoms. The van der Waals surface area contributed by atoms with Gasteiger partial charge in [-0.15, -0.1) is 0 Å². The van der Waals surface area contributed by atoms with Gasteiger partial charge < -0.3 is 15.7 Å². The quantitative estimate of drug-likeness (QED) is 0.658. The second-order valence-electron chi connectivity index (χ2n) is 4.87. The van der Waals surface area contributed by atoms with Crippen molar-refractivity contribution in [2.24, 2.45) is 11.7 Å². The van der Waals surface area contributed by atoms with E-state index >= 15 is 0 Å². The van der Waals surface area contributed by atoms with E-state index in [-0.39, 0.29) is 6.54 Å². The lowest BCUT2D eigenvalue weighted by atomic mass is 10.2. The van der Waals surface area contributed by atoms with E-state index in [2.05, 4.69) is 4.90 Å². The van der Waals surface area contributed by atoms with E-state index in [1.54, 1.807) is 0 Å². The molecule has 2 aliphatic rings. The molecule has 0 aromatic carbocycles. The number of hydrogen-bond acceptors (Lipinski definition) is 4. The Bertz CT molecular complexity index is 248. The summed E-state index contributed by atoms with van der Waals surface area (Å²) in [5, 5.41) is 9.01. The van der Waals surface area contributed by atoms with Crippen LogP contribution in [0.15, 0.2) is 0 Å². The van der Waals surface area contributed by atoms with Crippen LogP contribution in [0.5, 0.6) is 0 Å². The minimum atomic E-state index is -0.793. The van der Waals surface area contributed by atoms with Crippen molar-refractivity contribution in [1.29, 1.82) is 0 Å². The number of aliphatic carboxylic acids is 1. The number of carboxylic acids is 1. The molecule has 0 aromatic rings. The van der Waals surface area contributed by atoms with Gasteiger partial charge in [0.25, 0.3) is 0 Å². The summed E-state index contributed by atoms with van der Waals surface area (Å²) in [5.74, 6) is 0.120. The molecule has 1 atom stereocenters. The molecule has 1 aliphatic carbocycles. The van der Waals surface area contributed by atoms with Crippen LogP contribution in [0, 0.1) is 5.92 Å². The first kappa shape index (κ1) is 11.8. The van der Waals surface area contributed by atoms with Crippen LogP contribution in [-0.2, 0) is 4.79 Å². The lowest BCUT2D eigenvalue weighted by Crippen LogP contribution is -2.55. The molecule has 16 heavy (non-hydrogen) atoms. The van der Waals surface area contributed by atoms with E-state index in [0.29, 0.717) is 0 Å². The van der Waals surface area contributed by atoms with E-state index in [4.69, 9.17) is 10.8 Å². The zero-order chi connectivity index (χ0) is 11.5. The van der Waals surface area contributed by atoms with E-state index in [0.717, 1.165) is 32.1 Å². The van der Waals surface area contributed by atoms with E-state index < -0.39 is 12.0 Å². The molecule has 1 saturated carbocycles. The maximum atomic E-state index is 11.0. The molecular formula is C11H21N3O2. The Labute approximate surface area is 96.2 Å². The zero-order valence-electron chi connectivity index (χ0n) is 9.64. The van der Waals surface area contributed by atoms with Crippen LogP contribution in [0.1, 0.15) is 12.8 Å². The molecule has 2 fully saturated rings. The van der Waals surface area contributed by atoms with Gasteiger partial charge in [-0.25, -0.2) is 0 Å². The van der Waals surface area contributed by atoms with Crippen molar-refractivity contribution in [3.63, 3.8) is 0 Å². The number of nitrogens with two attached hydrogens (primary N) is 1. The Morgan fingerprint density at radius 3 is 2.38 bits per heavy atom. The van der Waals surface area contributed by atoms with E-state index in [1.807, 2.05) is 4.90 Å². The first-order valence-corrected chi connectivity index (χ1v) is 6.10. The van der Waals surface area contributed by atoms with Crippen LogP contribution in [0.2, 0.25) is 0 Å². The van der Waals surface area contributed by atoms with Crippen LogP contribution in [-0.4, -0.2) is 66.2 Å². The molecule has 0 amide bonds. The summed E-state index contributed by atoms with van der Waals surface area (Å²) in [6, 6.07) is -0.497.